The summed E-state index contributed by atoms with van der Waals surface area (Å²) in [6, 6.07) is 15.6. The number of benzene rings is 2. The van der Waals surface area contributed by atoms with Crippen LogP contribution in [0.1, 0.15) is 29.3 Å². The van der Waals surface area contributed by atoms with Crippen LogP contribution in [0.25, 0.3) is 0 Å². The van der Waals surface area contributed by atoms with Gasteiger partial charge >= 0.3 is 0 Å². The van der Waals surface area contributed by atoms with Gasteiger partial charge in [-0.3, -0.25) is 9.59 Å². The number of nitrogens with one attached hydrogen (secondary N) is 2. The van der Waals surface area contributed by atoms with Crippen molar-refractivity contribution in [2.24, 2.45) is 5.10 Å². The first-order chi connectivity index (χ1) is 12.0. The highest BCUT2D eigenvalue weighted by Gasteiger charge is 2.09. The number of amides is 2. The summed E-state index contributed by atoms with van der Waals surface area (Å²) < 4.78 is 0.662. The molecule has 2 aromatic rings. The van der Waals surface area contributed by atoms with Crippen molar-refractivity contribution in [3.8, 4) is 6.07 Å². The lowest BCUT2D eigenvalue weighted by molar-refractivity contribution is -0.115. The maximum Gasteiger partial charge on any atom is 0.272 e. The number of carbonyl (C=O) groups excluding carboxylic acids is 2. The number of hydrazone groups is 1. The third-order valence-corrected chi connectivity index (χ3v) is 3.85. The van der Waals surface area contributed by atoms with Gasteiger partial charge < -0.3 is 5.32 Å². The summed E-state index contributed by atoms with van der Waals surface area (Å²) in [5, 5.41) is 15.5. The van der Waals surface area contributed by atoms with Crippen molar-refractivity contribution in [2.45, 2.75) is 13.3 Å². The van der Waals surface area contributed by atoms with Gasteiger partial charge in [-0.15, -0.1) is 0 Å². The molecule has 0 saturated heterocycles. The number of halogens is 1. The molecule has 0 fully saturated rings. The minimum Gasteiger partial charge on any atom is -0.326 e. The Kier molecular flexibility index (Phi) is 6.43. The predicted octanol–water partition coefficient (Wildman–Crippen LogP) is 3.46. The van der Waals surface area contributed by atoms with Crippen molar-refractivity contribution in [3.05, 3.63) is 64.1 Å². The molecule has 2 rings (SSSR count). The number of nitriles is 1. The Balaban J connectivity index is 1.92. The Bertz CT molecular complexity index is 871. The zero-order valence-electron chi connectivity index (χ0n) is 13.4. The van der Waals surface area contributed by atoms with E-state index in [0.29, 0.717) is 27.0 Å². The Morgan fingerprint density at radius 1 is 1.20 bits per heavy atom. The number of carbonyl (C=O) groups is 2. The van der Waals surface area contributed by atoms with Crippen LogP contribution in [0.15, 0.2) is 58.1 Å². The second-order valence-electron chi connectivity index (χ2n) is 5.19. The average Bonchev–Trinajstić information content (AvgIpc) is 2.60. The van der Waals surface area contributed by atoms with Gasteiger partial charge in [-0.2, -0.15) is 10.4 Å². The van der Waals surface area contributed by atoms with Crippen LogP contribution in [0.2, 0.25) is 0 Å². The van der Waals surface area contributed by atoms with Crippen LogP contribution in [-0.4, -0.2) is 17.5 Å². The summed E-state index contributed by atoms with van der Waals surface area (Å²) >= 11 is 3.30. The molecule has 0 atom stereocenters. The minimum atomic E-state index is -0.367. The summed E-state index contributed by atoms with van der Waals surface area (Å²) in [5.74, 6) is -0.652. The second-order valence-corrected chi connectivity index (χ2v) is 6.04. The zero-order chi connectivity index (χ0) is 18.2. The summed E-state index contributed by atoms with van der Waals surface area (Å²) in [7, 11) is 0. The van der Waals surface area contributed by atoms with Crippen LogP contribution in [-0.2, 0) is 4.79 Å². The van der Waals surface area contributed by atoms with Crippen molar-refractivity contribution in [3.63, 3.8) is 0 Å². The maximum atomic E-state index is 12.0. The first-order valence-electron chi connectivity index (χ1n) is 7.37. The van der Waals surface area contributed by atoms with Crippen LogP contribution in [0.5, 0.6) is 0 Å². The summed E-state index contributed by atoms with van der Waals surface area (Å²) in [4.78, 5) is 24.0. The fraction of sp³-hybridized carbons (Fsp3) is 0.111. The molecule has 6 nitrogen and oxygen atoms in total. The molecule has 126 valence electrons. The molecule has 0 spiro atoms. The van der Waals surface area contributed by atoms with E-state index in [-0.39, 0.29) is 18.2 Å². The predicted molar refractivity (Wildman–Crippen MR) is 99.1 cm³/mol. The molecule has 0 saturated carbocycles. The standard InChI is InChI=1S/C18H15BrN4O2/c1-12(22-23-18(25)15-7-2-3-8-16(15)19)9-17(24)21-14-6-4-5-13(10-14)11-20/h2-8,10H,9H2,1H3,(H,21,24)(H,23,25)/b22-12+. The van der Waals surface area contributed by atoms with Crippen molar-refractivity contribution in [1.29, 1.82) is 5.26 Å². The maximum absolute atomic E-state index is 12.0. The Hall–Kier alpha value is -2.98. The van der Waals surface area contributed by atoms with Gasteiger partial charge in [-0.05, 0) is 53.2 Å². The van der Waals surface area contributed by atoms with Crippen molar-refractivity contribution in [2.75, 3.05) is 5.32 Å². The molecule has 0 aliphatic heterocycles. The van der Waals surface area contributed by atoms with Gasteiger partial charge in [-0.25, -0.2) is 5.43 Å². The quantitative estimate of drug-likeness (QED) is 0.596. The number of nitrogens with zero attached hydrogens (tertiary/aromatic N) is 2. The molecule has 7 heteroatoms. The molecular formula is C18H15BrN4O2. The van der Waals surface area contributed by atoms with Crippen molar-refractivity contribution in [1.82, 2.24) is 5.43 Å². The van der Waals surface area contributed by atoms with E-state index in [9.17, 15) is 9.59 Å². The molecule has 0 aromatic heterocycles. The summed E-state index contributed by atoms with van der Waals surface area (Å²) in [6.45, 7) is 1.64. The molecule has 2 aromatic carbocycles. The van der Waals surface area contributed by atoms with E-state index in [2.05, 4.69) is 31.8 Å². The number of rotatable bonds is 5. The fourth-order valence-electron chi connectivity index (χ4n) is 2.00. The van der Waals surface area contributed by atoms with Crippen LogP contribution in [0.4, 0.5) is 5.69 Å². The molecule has 0 aliphatic rings. The lowest BCUT2D eigenvalue weighted by Gasteiger charge is -2.06. The number of hydrogen-bond donors (Lipinski definition) is 2. The lowest BCUT2D eigenvalue weighted by atomic mass is 10.2. The largest absolute Gasteiger partial charge is 0.326 e. The van der Waals surface area contributed by atoms with Gasteiger partial charge in [0.1, 0.15) is 0 Å². The lowest BCUT2D eigenvalue weighted by Crippen LogP contribution is -2.21. The van der Waals surface area contributed by atoms with Crippen LogP contribution < -0.4 is 10.7 Å². The van der Waals surface area contributed by atoms with E-state index in [1.807, 2.05) is 6.07 Å². The zero-order valence-corrected chi connectivity index (χ0v) is 15.0. The Morgan fingerprint density at radius 2 is 1.96 bits per heavy atom. The Labute approximate surface area is 153 Å². The van der Waals surface area contributed by atoms with Crippen LogP contribution >= 0.6 is 15.9 Å². The van der Waals surface area contributed by atoms with E-state index in [4.69, 9.17) is 5.26 Å². The van der Waals surface area contributed by atoms with Gasteiger partial charge in [0.25, 0.3) is 5.91 Å². The van der Waals surface area contributed by atoms with E-state index in [1.54, 1.807) is 55.5 Å². The first-order valence-corrected chi connectivity index (χ1v) is 8.17. The summed E-state index contributed by atoms with van der Waals surface area (Å²) in [5.41, 5.74) is 4.33. The molecule has 0 unspecified atom stereocenters. The minimum absolute atomic E-state index is 0.0209. The van der Waals surface area contributed by atoms with Crippen LogP contribution in [0.3, 0.4) is 0 Å². The smallest absolute Gasteiger partial charge is 0.272 e. The average molecular weight is 399 g/mol. The van der Waals surface area contributed by atoms with Crippen molar-refractivity contribution >= 4 is 39.1 Å². The van der Waals surface area contributed by atoms with Gasteiger partial charge in [0.15, 0.2) is 0 Å². The monoisotopic (exact) mass is 398 g/mol. The first kappa shape index (κ1) is 18.4. The normalized spacial score (nSPS) is 10.7. The molecule has 25 heavy (non-hydrogen) atoms. The highest BCUT2D eigenvalue weighted by Crippen LogP contribution is 2.15. The molecule has 0 radical (unpaired) electrons. The van der Waals surface area contributed by atoms with E-state index < -0.39 is 0 Å². The second kappa shape index (κ2) is 8.76. The highest BCUT2D eigenvalue weighted by atomic mass is 79.9. The third-order valence-electron chi connectivity index (χ3n) is 3.16. The van der Waals surface area contributed by atoms with Gasteiger partial charge in [0, 0.05) is 15.9 Å². The third kappa shape index (κ3) is 5.55. The van der Waals surface area contributed by atoms with Gasteiger partial charge in [0.05, 0.1) is 23.6 Å². The van der Waals surface area contributed by atoms with Gasteiger partial charge in [0.2, 0.25) is 5.91 Å². The molecular weight excluding hydrogens is 384 g/mol. The van der Waals surface area contributed by atoms with E-state index in [0.717, 1.165) is 0 Å². The fourth-order valence-corrected chi connectivity index (χ4v) is 2.46. The Morgan fingerprint density at radius 3 is 2.68 bits per heavy atom. The molecule has 2 N–H and O–H groups in total. The van der Waals surface area contributed by atoms with Gasteiger partial charge in [-0.1, -0.05) is 18.2 Å². The topological polar surface area (TPSA) is 94.3 Å². The highest BCUT2D eigenvalue weighted by molar-refractivity contribution is 9.10. The molecule has 0 bridgehead atoms. The SMILES string of the molecule is C/C(CC(=O)Nc1cccc(C#N)c1)=N\NC(=O)c1ccccc1Br. The molecule has 0 heterocycles. The number of hydrogen-bond acceptors (Lipinski definition) is 4. The summed E-state index contributed by atoms with van der Waals surface area (Å²) in [6.07, 6.45) is 0.0209. The van der Waals surface area contributed by atoms with Crippen molar-refractivity contribution < 1.29 is 9.59 Å². The molecule has 0 aliphatic carbocycles. The molecule has 2 amide bonds. The van der Waals surface area contributed by atoms with Crippen LogP contribution in [0, 0.1) is 11.3 Å². The van der Waals surface area contributed by atoms with E-state index >= 15 is 0 Å². The van der Waals surface area contributed by atoms with E-state index in [1.165, 1.54) is 0 Å². The number of anilines is 1.